The topological polar surface area (TPSA) is 90.2 Å². The molecule has 2 aromatic heterocycles. The Morgan fingerprint density at radius 2 is 2.18 bits per heavy atom. The van der Waals surface area contributed by atoms with E-state index in [9.17, 15) is 4.79 Å². The number of nitrogens with zero attached hydrogens (tertiary/aromatic N) is 4. The summed E-state index contributed by atoms with van der Waals surface area (Å²) in [6, 6.07) is 7.70. The van der Waals surface area contributed by atoms with E-state index in [0.717, 1.165) is 22.6 Å². The summed E-state index contributed by atoms with van der Waals surface area (Å²) in [5, 5.41) is 7.89. The van der Waals surface area contributed by atoms with Gasteiger partial charge in [-0.1, -0.05) is 0 Å². The monoisotopic (exact) mass is 449 g/mol. The lowest BCUT2D eigenvalue weighted by atomic mass is 10.1. The summed E-state index contributed by atoms with van der Waals surface area (Å²) in [6.07, 6.45) is 6.29. The molecule has 9 nitrogen and oxygen atoms in total. The van der Waals surface area contributed by atoms with E-state index in [-0.39, 0.29) is 11.9 Å². The van der Waals surface area contributed by atoms with E-state index in [0.29, 0.717) is 50.2 Å². The van der Waals surface area contributed by atoms with Crippen LogP contribution in [0.3, 0.4) is 0 Å². The Bertz CT molecular complexity index is 1190. The molecule has 1 saturated carbocycles. The molecule has 1 aliphatic carbocycles. The van der Waals surface area contributed by atoms with Crippen molar-refractivity contribution in [1.29, 1.82) is 0 Å². The van der Waals surface area contributed by atoms with Crippen LogP contribution in [-0.4, -0.2) is 71.0 Å². The lowest BCUT2D eigenvalue weighted by molar-refractivity contribution is -0.138. The highest BCUT2D eigenvalue weighted by atomic mass is 16.5. The molecule has 0 radical (unpaired) electrons. The third kappa shape index (κ3) is 3.97. The van der Waals surface area contributed by atoms with Crippen molar-refractivity contribution >= 4 is 17.2 Å². The van der Waals surface area contributed by atoms with Crippen LogP contribution in [0.25, 0.3) is 16.8 Å². The van der Waals surface area contributed by atoms with E-state index in [4.69, 9.17) is 19.2 Å². The first-order chi connectivity index (χ1) is 16.2. The molecule has 6 rings (SSSR count). The van der Waals surface area contributed by atoms with Gasteiger partial charge in [0.25, 0.3) is 5.91 Å². The average Bonchev–Trinajstić information content (AvgIpc) is 3.49. The number of fused-ring (bicyclic) bond motifs is 5. The summed E-state index contributed by atoms with van der Waals surface area (Å²) in [7, 11) is 1.65. The van der Waals surface area contributed by atoms with Gasteiger partial charge in [-0.3, -0.25) is 4.79 Å². The molecule has 2 atom stereocenters. The van der Waals surface area contributed by atoms with Crippen molar-refractivity contribution in [3.05, 3.63) is 36.7 Å². The number of anilines is 1. The minimum absolute atomic E-state index is 0.0472. The first-order valence-electron chi connectivity index (χ1n) is 11.5. The molecule has 172 valence electrons. The Labute approximate surface area is 191 Å². The zero-order valence-electron chi connectivity index (χ0n) is 18.6. The van der Waals surface area contributed by atoms with Crippen LogP contribution in [-0.2, 0) is 9.53 Å². The van der Waals surface area contributed by atoms with E-state index in [1.54, 1.807) is 23.9 Å². The summed E-state index contributed by atoms with van der Waals surface area (Å²) in [5.41, 5.74) is 3.45. The fourth-order valence-electron chi connectivity index (χ4n) is 4.58. The van der Waals surface area contributed by atoms with Gasteiger partial charge in [0.1, 0.15) is 18.5 Å². The van der Waals surface area contributed by atoms with Crippen molar-refractivity contribution < 1.29 is 19.0 Å². The van der Waals surface area contributed by atoms with Gasteiger partial charge >= 0.3 is 0 Å². The van der Waals surface area contributed by atoms with E-state index >= 15 is 0 Å². The number of amides is 1. The number of hydrogen-bond donors (Lipinski definition) is 1. The minimum Gasteiger partial charge on any atom is -0.497 e. The number of carbonyl (C=O) groups is 1. The summed E-state index contributed by atoms with van der Waals surface area (Å²) in [6.45, 7) is 2.22. The summed E-state index contributed by atoms with van der Waals surface area (Å²) in [5.74, 6) is 1.91. The summed E-state index contributed by atoms with van der Waals surface area (Å²) < 4.78 is 19.3. The highest BCUT2D eigenvalue weighted by Gasteiger charge is 2.41. The Balaban J connectivity index is 1.34. The minimum atomic E-state index is -0.393. The van der Waals surface area contributed by atoms with Crippen molar-refractivity contribution in [2.45, 2.75) is 31.4 Å². The van der Waals surface area contributed by atoms with E-state index in [2.05, 4.69) is 10.4 Å². The lowest BCUT2D eigenvalue weighted by Crippen LogP contribution is -2.41. The van der Waals surface area contributed by atoms with Gasteiger partial charge in [0.05, 0.1) is 26.0 Å². The molecule has 0 unspecified atom stereocenters. The number of hydrogen-bond acceptors (Lipinski definition) is 7. The highest BCUT2D eigenvalue weighted by molar-refractivity contribution is 5.84. The molecule has 2 aliphatic heterocycles. The molecule has 1 amide bonds. The smallest absolute Gasteiger partial charge is 0.252 e. The fourth-order valence-corrected chi connectivity index (χ4v) is 4.58. The Morgan fingerprint density at radius 1 is 1.27 bits per heavy atom. The summed E-state index contributed by atoms with van der Waals surface area (Å²) in [4.78, 5) is 19.7. The normalized spacial score (nSPS) is 22.6. The van der Waals surface area contributed by atoms with Crippen molar-refractivity contribution in [2.75, 3.05) is 38.7 Å². The predicted molar refractivity (Wildman–Crippen MR) is 122 cm³/mol. The first-order valence-corrected chi connectivity index (χ1v) is 11.5. The number of nitrogens with one attached hydrogen (secondary N) is 1. The Morgan fingerprint density at radius 3 is 3.03 bits per heavy atom. The first kappa shape index (κ1) is 20.3. The van der Waals surface area contributed by atoms with Gasteiger partial charge in [0.15, 0.2) is 5.65 Å². The SMILES string of the molecule is COc1cc2cc(c1)-c1cnn3ccc(nc13)OC[C@@H]1C[C@@H](OCC3CC3)C(=O)N1CCN2. The Hall–Kier alpha value is -3.33. The van der Waals surface area contributed by atoms with Crippen molar-refractivity contribution in [2.24, 2.45) is 5.92 Å². The third-order valence-corrected chi connectivity index (χ3v) is 6.62. The van der Waals surface area contributed by atoms with Crippen molar-refractivity contribution in [1.82, 2.24) is 19.5 Å². The van der Waals surface area contributed by atoms with Crippen LogP contribution in [0.2, 0.25) is 0 Å². The molecule has 9 heteroatoms. The van der Waals surface area contributed by atoms with Gasteiger partial charge in [-0.15, -0.1) is 0 Å². The molecule has 1 N–H and O–H groups in total. The average molecular weight is 450 g/mol. The van der Waals surface area contributed by atoms with Crippen molar-refractivity contribution in [3.63, 3.8) is 0 Å². The van der Waals surface area contributed by atoms with Gasteiger partial charge in [-0.05, 0) is 36.5 Å². The maximum atomic E-state index is 13.1. The van der Waals surface area contributed by atoms with E-state index in [1.807, 2.05) is 29.3 Å². The molecule has 1 saturated heterocycles. The highest BCUT2D eigenvalue weighted by Crippen LogP contribution is 2.33. The molecular weight excluding hydrogens is 422 g/mol. The molecular formula is C24H27N5O4. The maximum absolute atomic E-state index is 13.1. The second kappa shape index (κ2) is 8.22. The van der Waals surface area contributed by atoms with Crippen LogP contribution in [0.15, 0.2) is 36.7 Å². The molecule has 4 bridgehead atoms. The molecule has 2 fully saturated rings. The lowest BCUT2D eigenvalue weighted by Gasteiger charge is -2.25. The van der Waals surface area contributed by atoms with Crippen molar-refractivity contribution in [3.8, 4) is 22.8 Å². The molecule has 4 heterocycles. The summed E-state index contributed by atoms with van der Waals surface area (Å²) >= 11 is 0. The van der Waals surface area contributed by atoms with Gasteiger partial charge < -0.3 is 24.4 Å². The number of methoxy groups -OCH3 is 1. The van der Waals surface area contributed by atoms with Crippen LogP contribution in [0, 0.1) is 5.92 Å². The van der Waals surface area contributed by atoms with Crippen LogP contribution in [0.5, 0.6) is 11.6 Å². The van der Waals surface area contributed by atoms with Gasteiger partial charge in [-0.2, -0.15) is 10.1 Å². The number of carbonyl (C=O) groups excluding carboxylic acids is 1. The fraction of sp³-hybridized carbons (Fsp3) is 0.458. The second-order valence-electron chi connectivity index (χ2n) is 8.97. The molecule has 3 aliphatic rings. The van der Waals surface area contributed by atoms with E-state index in [1.165, 1.54) is 12.8 Å². The van der Waals surface area contributed by atoms with Gasteiger partial charge in [0, 0.05) is 49.1 Å². The van der Waals surface area contributed by atoms with Crippen LogP contribution >= 0.6 is 0 Å². The standard InChI is InChI=1S/C24H27N5O4/c1-31-19-9-16-8-17(10-19)25-5-7-28-18(11-21(24(28)30)32-13-15-2-3-15)14-33-22-4-6-29-23(27-22)20(16)12-26-29/h4,6,8-10,12,15,18,21,25H,2-3,5,7,11,13-14H2,1H3/t18-,21+/m0/s1. The zero-order chi connectivity index (χ0) is 22.4. The number of ether oxygens (including phenoxy) is 3. The molecule has 3 aromatic rings. The zero-order valence-corrected chi connectivity index (χ0v) is 18.6. The van der Waals surface area contributed by atoms with Crippen LogP contribution in [0.4, 0.5) is 5.69 Å². The third-order valence-electron chi connectivity index (χ3n) is 6.62. The number of rotatable bonds is 4. The number of benzene rings is 1. The van der Waals surface area contributed by atoms with Gasteiger partial charge in [0.2, 0.25) is 5.88 Å². The molecule has 33 heavy (non-hydrogen) atoms. The second-order valence-corrected chi connectivity index (χ2v) is 8.97. The van der Waals surface area contributed by atoms with Crippen LogP contribution < -0.4 is 14.8 Å². The quantitative estimate of drug-likeness (QED) is 0.655. The maximum Gasteiger partial charge on any atom is 0.252 e. The largest absolute Gasteiger partial charge is 0.497 e. The molecule has 0 spiro atoms. The van der Waals surface area contributed by atoms with E-state index < -0.39 is 6.10 Å². The molecule has 1 aromatic carbocycles. The van der Waals surface area contributed by atoms with Crippen LogP contribution in [0.1, 0.15) is 19.3 Å². The predicted octanol–water partition coefficient (Wildman–Crippen LogP) is 2.61. The van der Waals surface area contributed by atoms with Gasteiger partial charge in [-0.25, -0.2) is 4.52 Å². The Kier molecular flexibility index (Phi) is 5.05. The number of aromatic nitrogens is 3.